The molecule has 4 aliphatic heterocycles. The second-order valence-electron chi connectivity index (χ2n) is 10.4. The van der Waals surface area contributed by atoms with Gasteiger partial charge in [0.1, 0.15) is 12.2 Å². The van der Waals surface area contributed by atoms with E-state index < -0.39 is 81.9 Å². The van der Waals surface area contributed by atoms with Crippen LogP contribution in [0.4, 0.5) is 0 Å². The summed E-state index contributed by atoms with van der Waals surface area (Å²) in [6.45, 7) is 7.27. The lowest BCUT2D eigenvalue weighted by Gasteiger charge is -2.45. The van der Waals surface area contributed by atoms with Gasteiger partial charge in [-0.3, -0.25) is 4.79 Å². The predicted molar refractivity (Wildman–Crippen MR) is 91.5 cm³/mol. The molecule has 6 rings (SSSR count). The van der Waals surface area contributed by atoms with Crippen molar-refractivity contribution in [2.75, 3.05) is 0 Å². The van der Waals surface area contributed by atoms with E-state index in [2.05, 4.69) is 0 Å². The van der Waals surface area contributed by atoms with Crippen LogP contribution in [0.25, 0.3) is 0 Å². The fourth-order valence-electron chi connectivity index (χ4n) is 7.94. The summed E-state index contributed by atoms with van der Waals surface area (Å²) in [5, 5.41) is 34.8. The Morgan fingerprint density at radius 2 is 1.79 bits per heavy atom. The average molecular weight is 408 g/mol. The van der Waals surface area contributed by atoms with Crippen molar-refractivity contribution in [1.29, 1.82) is 0 Å². The molecule has 0 radical (unpaired) electrons. The van der Waals surface area contributed by atoms with Gasteiger partial charge in [-0.15, -0.1) is 0 Å². The van der Waals surface area contributed by atoms with Crippen LogP contribution in [-0.2, 0) is 28.5 Å². The van der Waals surface area contributed by atoms with E-state index in [1.165, 1.54) is 13.2 Å². The Morgan fingerprint density at radius 3 is 2.45 bits per heavy atom. The van der Waals surface area contributed by atoms with E-state index in [4.69, 9.17) is 18.9 Å². The smallest absolute Gasteiger partial charge is 0.343 e. The number of hydrogen-bond donors (Lipinski definition) is 3. The molecule has 0 aromatic heterocycles. The molecule has 9 nitrogen and oxygen atoms in total. The number of hydrogen-bond acceptors (Lipinski definition) is 9. The van der Waals surface area contributed by atoms with E-state index in [-0.39, 0.29) is 0 Å². The van der Waals surface area contributed by atoms with Gasteiger partial charge in [-0.2, -0.15) is 0 Å². The van der Waals surface area contributed by atoms with Crippen molar-refractivity contribution in [2.45, 2.75) is 69.6 Å². The molecule has 2 spiro atoms. The zero-order valence-corrected chi connectivity index (χ0v) is 16.5. The van der Waals surface area contributed by atoms with Crippen molar-refractivity contribution in [1.82, 2.24) is 0 Å². The summed E-state index contributed by atoms with van der Waals surface area (Å²) in [4.78, 5) is 25.7. The molecule has 4 heterocycles. The Hall–Kier alpha value is -1.68. The Bertz CT molecular complexity index is 893. The summed E-state index contributed by atoms with van der Waals surface area (Å²) in [5.74, 6) is -3.30. The maximum Gasteiger partial charge on any atom is 0.343 e. The van der Waals surface area contributed by atoms with Crippen molar-refractivity contribution in [2.24, 2.45) is 28.1 Å². The molecule has 0 amide bonds. The first-order valence-electron chi connectivity index (χ1n) is 9.95. The van der Waals surface area contributed by atoms with Gasteiger partial charge in [0.15, 0.2) is 11.7 Å². The molecule has 0 aromatic rings. The minimum absolute atomic E-state index is 0.497. The number of aliphatic hydroxyl groups excluding tert-OH is 2. The highest BCUT2D eigenvalue weighted by atomic mass is 16.7. The first-order chi connectivity index (χ1) is 13.4. The van der Waals surface area contributed by atoms with Crippen molar-refractivity contribution < 1.29 is 43.9 Å². The predicted octanol–water partition coefficient (Wildman–Crippen LogP) is -0.772. The topological polar surface area (TPSA) is 132 Å². The van der Waals surface area contributed by atoms with Crippen LogP contribution < -0.4 is 0 Å². The fourth-order valence-corrected chi connectivity index (χ4v) is 7.94. The van der Waals surface area contributed by atoms with Crippen LogP contribution in [0.1, 0.15) is 27.7 Å². The Kier molecular flexibility index (Phi) is 2.80. The summed E-state index contributed by atoms with van der Waals surface area (Å²) in [6.07, 6.45) is -3.02. The summed E-state index contributed by atoms with van der Waals surface area (Å²) in [5.41, 5.74) is -7.48. The third-order valence-corrected chi connectivity index (χ3v) is 8.60. The minimum atomic E-state index is -2.16. The molecule has 9 heteroatoms. The van der Waals surface area contributed by atoms with Gasteiger partial charge in [0.25, 0.3) is 0 Å². The van der Waals surface area contributed by atoms with E-state index in [1.54, 1.807) is 6.08 Å². The lowest BCUT2D eigenvalue weighted by atomic mass is 9.52. The SMILES string of the molecule is C[C@@H]1C(=O)O[C@H]2[C@H](O)C34[C@@H]5OC(=O)[C@]3(O[C@@H]3OC=CC34[C@H](C(C)(C)C)[C@H]5O)[C@@]12O. The third-order valence-electron chi connectivity index (χ3n) is 8.60. The second-order valence-corrected chi connectivity index (χ2v) is 10.4. The molecule has 29 heavy (non-hydrogen) atoms. The molecular formula is C20H24O9. The lowest BCUT2D eigenvalue weighted by Crippen LogP contribution is -2.65. The zero-order valence-electron chi connectivity index (χ0n) is 16.5. The molecule has 3 saturated heterocycles. The highest BCUT2D eigenvalue weighted by molar-refractivity contribution is 5.93. The number of carbonyl (C=O) groups is 2. The van der Waals surface area contributed by atoms with Crippen LogP contribution in [0, 0.1) is 28.1 Å². The monoisotopic (exact) mass is 408 g/mol. The van der Waals surface area contributed by atoms with E-state index >= 15 is 0 Å². The maximum atomic E-state index is 13.3. The van der Waals surface area contributed by atoms with Crippen LogP contribution in [0.3, 0.4) is 0 Å². The van der Waals surface area contributed by atoms with E-state index in [9.17, 15) is 24.9 Å². The molecule has 5 fully saturated rings. The number of rotatable bonds is 0. The van der Waals surface area contributed by atoms with Gasteiger partial charge in [0, 0.05) is 5.92 Å². The summed E-state index contributed by atoms with van der Waals surface area (Å²) >= 11 is 0. The van der Waals surface area contributed by atoms with Gasteiger partial charge in [-0.1, -0.05) is 20.8 Å². The molecule has 2 aliphatic carbocycles. The minimum Gasteiger partial charge on any atom is -0.472 e. The van der Waals surface area contributed by atoms with Crippen molar-refractivity contribution in [3.63, 3.8) is 0 Å². The van der Waals surface area contributed by atoms with Crippen LogP contribution in [-0.4, -0.2) is 69.2 Å². The quantitative estimate of drug-likeness (QED) is 0.442. The molecule has 3 N–H and O–H groups in total. The largest absolute Gasteiger partial charge is 0.472 e. The summed E-state index contributed by atoms with van der Waals surface area (Å²) in [6, 6.07) is 0. The number of esters is 2. The lowest BCUT2D eigenvalue weighted by molar-refractivity contribution is -0.236. The molecule has 11 atom stereocenters. The van der Waals surface area contributed by atoms with Crippen molar-refractivity contribution >= 4 is 11.9 Å². The van der Waals surface area contributed by atoms with E-state index in [0.717, 1.165) is 0 Å². The summed E-state index contributed by atoms with van der Waals surface area (Å²) < 4.78 is 23.0. The third kappa shape index (κ3) is 1.30. The first kappa shape index (κ1) is 18.1. The van der Waals surface area contributed by atoms with Gasteiger partial charge < -0.3 is 34.3 Å². The van der Waals surface area contributed by atoms with E-state index in [0.29, 0.717) is 0 Å². The van der Waals surface area contributed by atoms with Gasteiger partial charge in [0.2, 0.25) is 11.9 Å². The van der Waals surface area contributed by atoms with Crippen LogP contribution >= 0.6 is 0 Å². The van der Waals surface area contributed by atoms with Crippen molar-refractivity contribution in [3.05, 3.63) is 12.3 Å². The van der Waals surface area contributed by atoms with Crippen LogP contribution in [0.5, 0.6) is 0 Å². The fraction of sp³-hybridized carbons (Fsp3) is 0.800. The van der Waals surface area contributed by atoms with Gasteiger partial charge in [0.05, 0.1) is 29.1 Å². The molecular weight excluding hydrogens is 384 g/mol. The summed E-state index contributed by atoms with van der Waals surface area (Å²) in [7, 11) is 0. The van der Waals surface area contributed by atoms with Gasteiger partial charge >= 0.3 is 11.9 Å². The first-order valence-corrected chi connectivity index (χ1v) is 9.95. The second kappa shape index (κ2) is 4.49. The van der Waals surface area contributed by atoms with Gasteiger partial charge in [-0.25, -0.2) is 4.79 Å². The number of fused-ring (bicyclic) bond motifs is 1. The zero-order chi connectivity index (χ0) is 20.9. The Balaban J connectivity index is 1.72. The maximum absolute atomic E-state index is 13.3. The molecule has 2 unspecified atom stereocenters. The van der Waals surface area contributed by atoms with Crippen molar-refractivity contribution in [3.8, 4) is 0 Å². The average Bonchev–Trinajstić information content (AvgIpc) is 3.34. The highest BCUT2D eigenvalue weighted by Crippen LogP contribution is 2.83. The standard InChI is InChI=1S/C20H24O9/c1-7-13(23)27-12-10(22)18-11-8(21)9(16(2,3)4)17(18)5-6-26-15(17)29-20(18,14(24)28-11)19(7,12)25/h5-12,15,21-22,25H,1-4H3/t7-,8-,9+,10+,11-,12+,15+,17?,18?,19-,20-/m1/s1. The number of ether oxygens (including phenoxy) is 4. The molecule has 0 aromatic carbocycles. The molecule has 6 aliphatic rings. The normalized spacial score (nSPS) is 61.1. The molecule has 158 valence electrons. The van der Waals surface area contributed by atoms with Gasteiger partial charge in [-0.05, 0) is 18.4 Å². The molecule has 2 saturated carbocycles. The Labute approximate surface area is 166 Å². The number of carbonyl (C=O) groups excluding carboxylic acids is 2. The highest BCUT2D eigenvalue weighted by Gasteiger charge is 3.03. The number of aliphatic hydroxyl groups is 3. The molecule has 0 bridgehead atoms. The Morgan fingerprint density at radius 1 is 1.10 bits per heavy atom. The van der Waals surface area contributed by atoms with Crippen LogP contribution in [0.2, 0.25) is 0 Å². The van der Waals surface area contributed by atoms with Crippen LogP contribution in [0.15, 0.2) is 12.3 Å². The van der Waals surface area contributed by atoms with E-state index in [1.807, 2.05) is 20.8 Å².